The Balaban J connectivity index is 2.26. The molecule has 1 atom stereocenters. The van der Waals surface area contributed by atoms with Gasteiger partial charge in [-0.15, -0.1) is 11.6 Å². The van der Waals surface area contributed by atoms with Crippen molar-refractivity contribution in [1.29, 1.82) is 0 Å². The smallest absolute Gasteiger partial charge is 0.196 e. The number of hydrogen-bond donors (Lipinski definition) is 0. The fourth-order valence-electron chi connectivity index (χ4n) is 2.89. The molecule has 0 fully saturated rings. The number of aliphatic imine (C=N–C) groups is 1. The van der Waals surface area contributed by atoms with E-state index >= 15 is 0 Å². The van der Waals surface area contributed by atoms with Crippen LogP contribution in [0.25, 0.3) is 0 Å². The quantitative estimate of drug-likeness (QED) is 0.623. The predicted octanol–water partition coefficient (Wildman–Crippen LogP) is 3.92. The molecule has 0 bridgehead atoms. The van der Waals surface area contributed by atoms with Crippen LogP contribution >= 0.6 is 23.2 Å². The number of rotatable bonds is 0. The van der Waals surface area contributed by atoms with Crippen molar-refractivity contribution in [2.24, 2.45) is 10.4 Å². The fourth-order valence-corrected chi connectivity index (χ4v) is 3.66. The molecule has 0 amide bonds. The Hall–Kier alpha value is -1.12. The first-order valence-electron chi connectivity index (χ1n) is 6.19. The summed E-state index contributed by atoms with van der Waals surface area (Å²) in [6, 6.07) is 0. The van der Waals surface area contributed by atoms with Crippen LogP contribution < -0.4 is 0 Å². The van der Waals surface area contributed by atoms with E-state index in [1.54, 1.807) is 6.08 Å². The highest BCUT2D eigenvalue weighted by Crippen LogP contribution is 2.48. The van der Waals surface area contributed by atoms with E-state index in [0.29, 0.717) is 0 Å². The van der Waals surface area contributed by atoms with Crippen molar-refractivity contribution < 1.29 is 4.79 Å². The number of nitrogens with zero attached hydrogens (tertiary/aromatic N) is 1. The second-order valence-corrected chi connectivity index (χ2v) is 6.24. The normalized spacial score (nSPS) is 28.3. The molecular weight excluding hydrogens is 281 g/mol. The van der Waals surface area contributed by atoms with E-state index < -0.39 is 5.38 Å². The number of alkyl halides is 1. The van der Waals surface area contributed by atoms with Gasteiger partial charge >= 0.3 is 0 Å². The van der Waals surface area contributed by atoms with Gasteiger partial charge in [-0.2, -0.15) is 0 Å². The summed E-state index contributed by atoms with van der Waals surface area (Å²) in [7, 11) is 0. The van der Waals surface area contributed by atoms with Gasteiger partial charge in [-0.25, -0.2) is 4.99 Å². The van der Waals surface area contributed by atoms with E-state index in [4.69, 9.17) is 23.2 Å². The van der Waals surface area contributed by atoms with E-state index in [1.807, 2.05) is 6.08 Å². The summed E-state index contributed by atoms with van der Waals surface area (Å²) in [6.07, 6.45) is 8.75. The molecule has 2 nitrogen and oxygen atoms in total. The first kappa shape index (κ1) is 12.9. The molecule has 0 aromatic carbocycles. The number of Topliss-reactive ketones (excluding diaryl/α,β-unsaturated/α-hetero) is 1. The van der Waals surface area contributed by atoms with E-state index in [1.165, 1.54) is 0 Å². The molecule has 0 saturated heterocycles. The summed E-state index contributed by atoms with van der Waals surface area (Å²) in [5, 5.41) is -0.564. The lowest BCUT2D eigenvalue weighted by molar-refractivity contribution is -0.114. The zero-order valence-corrected chi connectivity index (χ0v) is 12.2. The van der Waals surface area contributed by atoms with Gasteiger partial charge in [-0.3, -0.25) is 4.79 Å². The summed E-state index contributed by atoms with van der Waals surface area (Å²) in [5.41, 5.74) is 3.36. The first-order valence-corrected chi connectivity index (χ1v) is 7.00. The second-order valence-electron chi connectivity index (χ2n) is 5.40. The molecule has 0 aromatic rings. The summed E-state index contributed by atoms with van der Waals surface area (Å²) in [5.74, 6) is -0.235. The molecule has 98 valence electrons. The van der Waals surface area contributed by atoms with Crippen molar-refractivity contribution in [3.05, 3.63) is 46.2 Å². The lowest BCUT2D eigenvalue weighted by atomic mass is 9.68. The number of carbonyl (C=O) groups is 1. The topological polar surface area (TPSA) is 29.4 Å². The van der Waals surface area contributed by atoms with Crippen molar-refractivity contribution >= 4 is 34.7 Å². The third-order valence-electron chi connectivity index (χ3n) is 3.86. The van der Waals surface area contributed by atoms with Crippen molar-refractivity contribution in [3.63, 3.8) is 0 Å². The van der Waals surface area contributed by atoms with Gasteiger partial charge in [0, 0.05) is 5.41 Å². The van der Waals surface area contributed by atoms with Crippen LogP contribution in [-0.4, -0.2) is 16.9 Å². The van der Waals surface area contributed by atoms with Gasteiger partial charge in [0.1, 0.15) is 5.38 Å². The van der Waals surface area contributed by atoms with Gasteiger partial charge in [-0.05, 0) is 29.7 Å². The minimum absolute atomic E-state index is 0.158. The molecule has 0 saturated carbocycles. The monoisotopic (exact) mass is 293 g/mol. The van der Waals surface area contributed by atoms with Gasteiger partial charge in [0.05, 0.1) is 16.4 Å². The lowest BCUT2D eigenvalue weighted by Crippen LogP contribution is -2.37. The van der Waals surface area contributed by atoms with E-state index in [-0.39, 0.29) is 16.2 Å². The number of ketones is 1. The minimum atomic E-state index is -0.723. The Bertz CT molecular complexity index is 633. The molecular formula is C15H13Cl2NO. The Morgan fingerprint density at radius 2 is 2.16 bits per heavy atom. The van der Waals surface area contributed by atoms with E-state index in [9.17, 15) is 4.79 Å². The average Bonchev–Trinajstić information content (AvgIpc) is 2.35. The molecule has 0 aromatic heterocycles. The Kier molecular flexibility index (Phi) is 2.84. The maximum absolute atomic E-state index is 12.0. The highest BCUT2D eigenvalue weighted by Gasteiger charge is 2.43. The van der Waals surface area contributed by atoms with Gasteiger partial charge in [0.15, 0.2) is 5.78 Å². The third-order valence-corrected chi connectivity index (χ3v) is 4.57. The molecule has 3 aliphatic rings. The lowest BCUT2D eigenvalue weighted by Gasteiger charge is -2.39. The molecule has 1 unspecified atom stereocenters. The van der Waals surface area contributed by atoms with Crippen LogP contribution in [0.15, 0.2) is 51.2 Å². The summed E-state index contributed by atoms with van der Waals surface area (Å²) >= 11 is 12.2. The number of fused-ring (bicyclic) bond motifs is 1. The van der Waals surface area contributed by atoms with E-state index in [2.05, 4.69) is 31.0 Å². The summed E-state index contributed by atoms with van der Waals surface area (Å²) < 4.78 is 0. The van der Waals surface area contributed by atoms with Crippen LogP contribution in [0, 0.1) is 5.41 Å². The Labute approximate surface area is 122 Å². The van der Waals surface area contributed by atoms with Crippen LogP contribution in [0.5, 0.6) is 0 Å². The van der Waals surface area contributed by atoms with Crippen LogP contribution in [0.4, 0.5) is 0 Å². The van der Waals surface area contributed by atoms with Gasteiger partial charge in [0.25, 0.3) is 0 Å². The van der Waals surface area contributed by atoms with Gasteiger partial charge in [-0.1, -0.05) is 37.6 Å². The zero-order valence-electron chi connectivity index (χ0n) is 10.7. The predicted molar refractivity (Wildman–Crippen MR) is 78.7 cm³/mol. The summed E-state index contributed by atoms with van der Waals surface area (Å²) in [4.78, 5) is 16.6. The molecule has 1 aliphatic heterocycles. The third kappa shape index (κ3) is 1.78. The minimum Gasteiger partial charge on any atom is -0.291 e. The van der Waals surface area contributed by atoms with E-state index in [0.717, 1.165) is 29.0 Å². The number of allylic oxidation sites excluding steroid dienone is 7. The second kappa shape index (κ2) is 4.19. The van der Waals surface area contributed by atoms with Crippen LogP contribution in [0.1, 0.15) is 20.3 Å². The van der Waals surface area contributed by atoms with Crippen molar-refractivity contribution in [1.82, 2.24) is 0 Å². The molecule has 0 radical (unpaired) electrons. The number of halogens is 2. The highest BCUT2D eigenvalue weighted by molar-refractivity contribution is 6.50. The largest absolute Gasteiger partial charge is 0.291 e. The van der Waals surface area contributed by atoms with Crippen molar-refractivity contribution in [2.75, 3.05) is 0 Å². The number of carbonyl (C=O) groups excluding carboxylic acids is 1. The molecule has 19 heavy (non-hydrogen) atoms. The SMILES string of the molecule is CC1(C)C2=CCC=CC2=NC2=C1C(Cl)C(=O)C(Cl)=C2. The molecule has 0 N–H and O–H groups in total. The summed E-state index contributed by atoms with van der Waals surface area (Å²) in [6.45, 7) is 4.16. The maximum atomic E-state index is 12.0. The van der Waals surface area contributed by atoms with Crippen LogP contribution in [-0.2, 0) is 4.79 Å². The van der Waals surface area contributed by atoms with Gasteiger partial charge in [0.2, 0.25) is 0 Å². The molecule has 0 spiro atoms. The maximum Gasteiger partial charge on any atom is 0.196 e. The zero-order chi connectivity index (χ0) is 13.8. The average molecular weight is 294 g/mol. The molecule has 4 heteroatoms. The molecule has 2 aliphatic carbocycles. The van der Waals surface area contributed by atoms with Crippen molar-refractivity contribution in [3.8, 4) is 0 Å². The highest BCUT2D eigenvalue weighted by atomic mass is 35.5. The van der Waals surface area contributed by atoms with Gasteiger partial charge < -0.3 is 0 Å². The van der Waals surface area contributed by atoms with Crippen molar-refractivity contribution in [2.45, 2.75) is 25.6 Å². The Morgan fingerprint density at radius 1 is 1.42 bits per heavy atom. The number of hydrogen-bond acceptors (Lipinski definition) is 2. The molecule has 3 rings (SSSR count). The van der Waals surface area contributed by atoms with Crippen LogP contribution in [0.2, 0.25) is 0 Å². The van der Waals surface area contributed by atoms with Crippen LogP contribution in [0.3, 0.4) is 0 Å². The standard InChI is InChI=1S/C15H13Cl2NO/c1-15(2)8-5-3-4-6-10(8)18-11-7-9(16)14(19)13(17)12(11)15/h4-7,13H,3H2,1-2H3. The molecule has 1 heterocycles. The Morgan fingerprint density at radius 3 is 2.89 bits per heavy atom. The first-order chi connectivity index (χ1) is 8.93. The fraction of sp³-hybridized carbons (Fsp3) is 0.333.